The van der Waals surface area contributed by atoms with Crippen LogP contribution in [0.15, 0.2) is 34.7 Å². The minimum Gasteiger partial charge on any atom is -0.362 e. The third-order valence-electron chi connectivity index (χ3n) is 2.81. The zero-order chi connectivity index (χ0) is 17.5. The van der Waals surface area contributed by atoms with Crippen molar-refractivity contribution >= 4 is 51.6 Å². The molecule has 0 spiro atoms. The van der Waals surface area contributed by atoms with Gasteiger partial charge in [-0.25, -0.2) is 9.37 Å². The molecule has 0 fully saturated rings. The third kappa shape index (κ3) is 4.56. The van der Waals surface area contributed by atoms with E-state index in [1.54, 1.807) is 17.5 Å². The molecule has 0 aliphatic heterocycles. The standard InChI is InChI=1S/C15H16FN5OS2/c1-3-17-14(23)20-18-8-11-9-24-15(19-11)21(10(2)22)13-7-5-4-6-12(13)16/h4-9H,3H2,1-2H3,(H2,17,20,23)/b18-8-. The minimum absolute atomic E-state index is 0.161. The van der Waals surface area contributed by atoms with Crippen molar-refractivity contribution in [3.8, 4) is 0 Å². The Kier molecular flexibility index (Phi) is 6.33. The van der Waals surface area contributed by atoms with Crippen molar-refractivity contribution in [3.63, 3.8) is 0 Å². The Morgan fingerprint density at radius 3 is 2.92 bits per heavy atom. The van der Waals surface area contributed by atoms with Gasteiger partial charge in [-0.05, 0) is 31.3 Å². The van der Waals surface area contributed by atoms with Crippen molar-refractivity contribution in [2.45, 2.75) is 13.8 Å². The molecule has 24 heavy (non-hydrogen) atoms. The van der Waals surface area contributed by atoms with Crippen LogP contribution in [0.25, 0.3) is 0 Å². The first-order chi connectivity index (χ1) is 11.5. The van der Waals surface area contributed by atoms with Gasteiger partial charge in [-0.3, -0.25) is 15.1 Å². The molecule has 9 heteroatoms. The summed E-state index contributed by atoms with van der Waals surface area (Å²) in [6.07, 6.45) is 1.48. The van der Waals surface area contributed by atoms with Crippen LogP contribution in [0.2, 0.25) is 0 Å². The fraction of sp³-hybridized carbons (Fsp3) is 0.200. The van der Waals surface area contributed by atoms with Crippen LogP contribution in [0.1, 0.15) is 19.5 Å². The highest BCUT2D eigenvalue weighted by Crippen LogP contribution is 2.30. The lowest BCUT2D eigenvalue weighted by atomic mass is 10.3. The number of halogens is 1. The first-order valence-corrected chi connectivity index (χ1v) is 8.39. The molecule has 0 aliphatic rings. The molecule has 0 radical (unpaired) electrons. The Labute approximate surface area is 148 Å². The van der Waals surface area contributed by atoms with E-state index in [1.807, 2.05) is 6.92 Å². The van der Waals surface area contributed by atoms with E-state index in [1.165, 1.54) is 41.5 Å². The number of hydrazone groups is 1. The molecule has 0 saturated carbocycles. The summed E-state index contributed by atoms with van der Waals surface area (Å²) in [5, 5.41) is 9.33. The number of amides is 1. The number of nitrogens with zero attached hydrogens (tertiary/aromatic N) is 3. The second kappa shape index (κ2) is 8.46. The molecule has 0 atom stereocenters. The van der Waals surface area contributed by atoms with Crippen molar-refractivity contribution in [2.75, 3.05) is 11.4 Å². The summed E-state index contributed by atoms with van der Waals surface area (Å²) in [4.78, 5) is 17.5. The zero-order valence-electron chi connectivity index (χ0n) is 13.1. The van der Waals surface area contributed by atoms with Crippen molar-refractivity contribution in [1.29, 1.82) is 0 Å². The summed E-state index contributed by atoms with van der Waals surface area (Å²) in [6.45, 7) is 3.97. The van der Waals surface area contributed by atoms with Crippen LogP contribution in [-0.2, 0) is 4.79 Å². The average molecular weight is 365 g/mol. The van der Waals surface area contributed by atoms with Gasteiger partial charge in [0.15, 0.2) is 10.2 Å². The molecular formula is C15H16FN5OS2. The number of thiocarbonyl (C=S) groups is 1. The monoisotopic (exact) mass is 365 g/mol. The number of rotatable bonds is 5. The predicted molar refractivity (Wildman–Crippen MR) is 98.3 cm³/mol. The Balaban J connectivity index is 2.18. The second-order valence-electron chi connectivity index (χ2n) is 4.59. The van der Waals surface area contributed by atoms with Gasteiger partial charge in [0, 0.05) is 18.8 Å². The van der Waals surface area contributed by atoms with E-state index in [-0.39, 0.29) is 11.6 Å². The van der Waals surface area contributed by atoms with Crippen LogP contribution in [0.3, 0.4) is 0 Å². The number of thiazole rings is 1. The summed E-state index contributed by atoms with van der Waals surface area (Å²) >= 11 is 6.20. The summed E-state index contributed by atoms with van der Waals surface area (Å²) in [5.74, 6) is -0.819. The summed E-state index contributed by atoms with van der Waals surface area (Å²) in [5.41, 5.74) is 3.34. The van der Waals surface area contributed by atoms with Gasteiger partial charge in [-0.15, -0.1) is 11.3 Å². The number of carbonyl (C=O) groups excluding carboxylic acids is 1. The van der Waals surface area contributed by atoms with Crippen LogP contribution in [0.5, 0.6) is 0 Å². The molecule has 6 nitrogen and oxygen atoms in total. The zero-order valence-corrected chi connectivity index (χ0v) is 14.7. The predicted octanol–water partition coefficient (Wildman–Crippen LogP) is 2.78. The quantitative estimate of drug-likeness (QED) is 0.484. The Hall–Kier alpha value is -2.39. The van der Waals surface area contributed by atoms with Crippen molar-refractivity contribution < 1.29 is 9.18 Å². The lowest BCUT2D eigenvalue weighted by molar-refractivity contribution is -0.115. The SMILES string of the molecule is CCNC(=S)N/N=C\c1csc(N(C(C)=O)c2ccccc2F)n1. The molecule has 1 aromatic heterocycles. The molecule has 0 aliphatic carbocycles. The lowest BCUT2D eigenvalue weighted by Gasteiger charge is -2.18. The van der Waals surface area contributed by atoms with Crippen molar-refractivity contribution in [1.82, 2.24) is 15.7 Å². The average Bonchev–Trinajstić information content (AvgIpc) is 2.98. The molecule has 1 aromatic carbocycles. The number of nitrogens with one attached hydrogen (secondary N) is 2. The maximum Gasteiger partial charge on any atom is 0.230 e. The van der Waals surface area contributed by atoms with E-state index in [4.69, 9.17) is 12.2 Å². The number of anilines is 2. The Bertz CT molecular complexity index is 762. The van der Waals surface area contributed by atoms with Gasteiger partial charge in [0.05, 0.1) is 17.6 Å². The van der Waals surface area contributed by atoms with E-state index in [0.29, 0.717) is 22.5 Å². The van der Waals surface area contributed by atoms with Gasteiger partial charge in [-0.1, -0.05) is 12.1 Å². The second-order valence-corrected chi connectivity index (χ2v) is 5.84. The molecule has 1 amide bonds. The van der Waals surface area contributed by atoms with E-state index < -0.39 is 5.82 Å². The highest BCUT2D eigenvalue weighted by molar-refractivity contribution is 7.80. The van der Waals surface area contributed by atoms with E-state index >= 15 is 0 Å². The minimum atomic E-state index is -0.490. The van der Waals surface area contributed by atoms with E-state index in [0.717, 1.165) is 0 Å². The maximum atomic E-state index is 14.0. The fourth-order valence-electron chi connectivity index (χ4n) is 1.84. The Morgan fingerprint density at radius 2 is 2.25 bits per heavy atom. The first-order valence-electron chi connectivity index (χ1n) is 7.10. The number of aromatic nitrogens is 1. The van der Waals surface area contributed by atoms with Crippen LogP contribution in [0.4, 0.5) is 15.2 Å². The molecule has 0 unspecified atom stereocenters. The lowest BCUT2D eigenvalue weighted by Crippen LogP contribution is -2.31. The van der Waals surface area contributed by atoms with E-state index in [2.05, 4.69) is 20.8 Å². The molecule has 1 heterocycles. The number of hydrogen-bond donors (Lipinski definition) is 2. The number of carbonyl (C=O) groups is 1. The molecule has 0 saturated heterocycles. The van der Waals surface area contributed by atoms with Crippen LogP contribution >= 0.6 is 23.6 Å². The molecule has 0 bridgehead atoms. The smallest absolute Gasteiger partial charge is 0.230 e. The van der Waals surface area contributed by atoms with Crippen LogP contribution in [-0.4, -0.2) is 28.8 Å². The Morgan fingerprint density at radius 1 is 1.50 bits per heavy atom. The highest BCUT2D eigenvalue weighted by Gasteiger charge is 2.20. The van der Waals surface area contributed by atoms with E-state index in [9.17, 15) is 9.18 Å². The number of benzene rings is 1. The highest BCUT2D eigenvalue weighted by atomic mass is 32.1. The summed E-state index contributed by atoms with van der Waals surface area (Å²) in [6, 6.07) is 6.06. The maximum absolute atomic E-state index is 14.0. The number of hydrogen-bond acceptors (Lipinski definition) is 5. The van der Waals surface area contributed by atoms with Crippen molar-refractivity contribution in [2.24, 2.45) is 5.10 Å². The topological polar surface area (TPSA) is 69.6 Å². The first kappa shape index (κ1) is 18.0. The molecular weight excluding hydrogens is 349 g/mol. The molecule has 126 valence electrons. The molecule has 2 aromatic rings. The summed E-state index contributed by atoms with van der Waals surface area (Å²) < 4.78 is 14.0. The van der Waals surface area contributed by atoms with Gasteiger partial charge < -0.3 is 5.32 Å². The van der Waals surface area contributed by atoms with Crippen molar-refractivity contribution in [3.05, 3.63) is 41.2 Å². The fourth-order valence-corrected chi connectivity index (χ4v) is 2.86. The van der Waals surface area contributed by atoms with Gasteiger partial charge in [0.25, 0.3) is 0 Å². The van der Waals surface area contributed by atoms with Crippen LogP contribution < -0.4 is 15.6 Å². The van der Waals surface area contributed by atoms with Gasteiger partial charge in [0.2, 0.25) is 5.91 Å². The molecule has 2 rings (SSSR count). The summed E-state index contributed by atoms with van der Waals surface area (Å²) in [7, 11) is 0. The van der Waals surface area contributed by atoms with Crippen LogP contribution in [0, 0.1) is 5.82 Å². The normalized spacial score (nSPS) is 10.6. The van der Waals surface area contributed by atoms with Gasteiger partial charge >= 0.3 is 0 Å². The largest absolute Gasteiger partial charge is 0.362 e. The number of para-hydroxylation sites is 1. The van der Waals surface area contributed by atoms with Gasteiger partial charge in [0.1, 0.15) is 5.82 Å². The third-order valence-corrected chi connectivity index (χ3v) is 3.89. The van der Waals surface area contributed by atoms with Gasteiger partial charge in [-0.2, -0.15) is 5.10 Å². The molecule has 2 N–H and O–H groups in total.